The SMILES string of the molecule is CC(=O)OOC(=O)[C@H](C)N. The molecule has 10 heavy (non-hydrogen) atoms. The van der Waals surface area contributed by atoms with E-state index in [4.69, 9.17) is 5.73 Å². The molecule has 0 amide bonds. The van der Waals surface area contributed by atoms with Gasteiger partial charge in [-0.25, -0.2) is 19.4 Å². The molecule has 0 unspecified atom stereocenters. The lowest BCUT2D eigenvalue weighted by molar-refractivity contribution is -0.257. The molecule has 0 aliphatic carbocycles. The molecule has 0 rings (SSSR count). The second-order valence-corrected chi connectivity index (χ2v) is 1.77. The van der Waals surface area contributed by atoms with Crippen molar-refractivity contribution in [2.75, 3.05) is 0 Å². The summed E-state index contributed by atoms with van der Waals surface area (Å²) < 4.78 is 0. The second kappa shape index (κ2) is 3.84. The molecule has 1 atom stereocenters. The van der Waals surface area contributed by atoms with Crippen molar-refractivity contribution in [3.05, 3.63) is 0 Å². The number of carbonyl (C=O) groups is 2. The summed E-state index contributed by atoms with van der Waals surface area (Å²) in [4.78, 5) is 28.3. The van der Waals surface area contributed by atoms with Crippen LogP contribution in [0.15, 0.2) is 0 Å². The van der Waals surface area contributed by atoms with Crippen molar-refractivity contribution >= 4 is 11.9 Å². The molecule has 58 valence electrons. The van der Waals surface area contributed by atoms with E-state index in [0.717, 1.165) is 6.92 Å². The molecule has 0 radical (unpaired) electrons. The van der Waals surface area contributed by atoms with Gasteiger partial charge in [-0.2, -0.15) is 0 Å². The van der Waals surface area contributed by atoms with E-state index in [1.807, 2.05) is 0 Å². The maximum atomic E-state index is 10.4. The fourth-order valence-corrected chi connectivity index (χ4v) is 0.176. The van der Waals surface area contributed by atoms with Crippen molar-refractivity contribution in [3.8, 4) is 0 Å². The van der Waals surface area contributed by atoms with E-state index < -0.39 is 18.0 Å². The van der Waals surface area contributed by atoms with Crippen LogP contribution in [-0.2, 0) is 19.4 Å². The van der Waals surface area contributed by atoms with Crippen LogP contribution in [0.1, 0.15) is 13.8 Å². The summed E-state index contributed by atoms with van der Waals surface area (Å²) in [6, 6.07) is -0.778. The maximum Gasteiger partial charge on any atom is 0.371 e. The standard InChI is InChI=1S/C5H9NO4/c1-3(6)5(8)10-9-4(2)7/h3H,6H2,1-2H3/t3-/m0/s1. The molecule has 0 aliphatic heterocycles. The zero-order valence-corrected chi connectivity index (χ0v) is 5.79. The van der Waals surface area contributed by atoms with Gasteiger partial charge in [-0.1, -0.05) is 0 Å². The van der Waals surface area contributed by atoms with Crippen LogP contribution in [-0.4, -0.2) is 18.0 Å². The van der Waals surface area contributed by atoms with E-state index in [1.54, 1.807) is 0 Å². The average Bonchev–Trinajstić information content (AvgIpc) is 1.82. The first-order valence-electron chi connectivity index (χ1n) is 2.68. The Kier molecular flexibility index (Phi) is 3.42. The summed E-state index contributed by atoms with van der Waals surface area (Å²) in [7, 11) is 0. The fourth-order valence-electron chi connectivity index (χ4n) is 0.176. The molecule has 2 N–H and O–H groups in total. The predicted octanol–water partition coefficient (Wildman–Crippen LogP) is -0.645. The van der Waals surface area contributed by atoms with Gasteiger partial charge in [0, 0.05) is 6.92 Å². The third-order valence-corrected chi connectivity index (χ3v) is 0.613. The quantitative estimate of drug-likeness (QED) is 0.394. The summed E-state index contributed by atoms with van der Waals surface area (Å²) in [5, 5.41) is 0. The van der Waals surface area contributed by atoms with Crippen LogP contribution in [0.2, 0.25) is 0 Å². The van der Waals surface area contributed by atoms with Crippen molar-refractivity contribution in [1.29, 1.82) is 0 Å². The second-order valence-electron chi connectivity index (χ2n) is 1.77. The maximum absolute atomic E-state index is 10.4. The zero-order chi connectivity index (χ0) is 8.15. The number of nitrogens with two attached hydrogens (primary N) is 1. The lowest BCUT2D eigenvalue weighted by atomic mass is 10.4. The van der Waals surface area contributed by atoms with Crippen molar-refractivity contribution in [3.63, 3.8) is 0 Å². The minimum Gasteiger partial charge on any atom is -0.319 e. The van der Waals surface area contributed by atoms with Gasteiger partial charge in [0.1, 0.15) is 6.04 Å². The van der Waals surface area contributed by atoms with E-state index in [1.165, 1.54) is 6.92 Å². The highest BCUT2D eigenvalue weighted by Crippen LogP contribution is 1.85. The Morgan fingerprint density at radius 3 is 2.20 bits per heavy atom. The molecule has 0 aliphatic rings. The van der Waals surface area contributed by atoms with Crippen LogP contribution in [0.5, 0.6) is 0 Å². The predicted molar refractivity (Wildman–Crippen MR) is 31.5 cm³/mol. The number of carbonyl (C=O) groups excluding carboxylic acids is 2. The molecule has 0 saturated carbocycles. The van der Waals surface area contributed by atoms with E-state index >= 15 is 0 Å². The monoisotopic (exact) mass is 147 g/mol. The van der Waals surface area contributed by atoms with Gasteiger partial charge in [0.25, 0.3) is 0 Å². The molecular formula is C5H9NO4. The first-order valence-corrected chi connectivity index (χ1v) is 2.68. The first-order chi connectivity index (χ1) is 4.54. The molecule has 0 aromatic carbocycles. The van der Waals surface area contributed by atoms with Gasteiger partial charge < -0.3 is 5.73 Å². The molecule has 0 heterocycles. The summed E-state index contributed by atoms with van der Waals surface area (Å²) >= 11 is 0. The highest BCUT2D eigenvalue weighted by molar-refractivity contribution is 5.75. The van der Waals surface area contributed by atoms with Gasteiger partial charge in [-0.05, 0) is 6.92 Å². The lowest BCUT2D eigenvalue weighted by Crippen LogP contribution is -2.29. The van der Waals surface area contributed by atoms with Crippen molar-refractivity contribution in [1.82, 2.24) is 0 Å². The van der Waals surface area contributed by atoms with Gasteiger partial charge in [0.05, 0.1) is 0 Å². The van der Waals surface area contributed by atoms with Crippen LogP contribution in [0.4, 0.5) is 0 Å². The summed E-state index contributed by atoms with van der Waals surface area (Å²) in [5.74, 6) is -1.45. The third kappa shape index (κ3) is 3.85. The van der Waals surface area contributed by atoms with Crippen LogP contribution >= 0.6 is 0 Å². The minimum atomic E-state index is -0.778. The molecule has 0 bridgehead atoms. The third-order valence-electron chi connectivity index (χ3n) is 0.613. The van der Waals surface area contributed by atoms with Gasteiger partial charge in [-0.15, -0.1) is 0 Å². The van der Waals surface area contributed by atoms with Gasteiger partial charge in [0.2, 0.25) is 0 Å². The summed E-state index contributed by atoms with van der Waals surface area (Å²) in [6.45, 7) is 2.54. The normalized spacial score (nSPS) is 11.9. The lowest BCUT2D eigenvalue weighted by Gasteiger charge is -2.01. The zero-order valence-electron chi connectivity index (χ0n) is 5.79. The molecule has 0 spiro atoms. The Hall–Kier alpha value is -1.10. The highest BCUT2D eigenvalue weighted by atomic mass is 17.2. The Morgan fingerprint density at radius 1 is 1.40 bits per heavy atom. The molecular weight excluding hydrogens is 138 g/mol. The van der Waals surface area contributed by atoms with Crippen molar-refractivity contribution < 1.29 is 19.4 Å². The van der Waals surface area contributed by atoms with E-state index in [-0.39, 0.29) is 0 Å². The van der Waals surface area contributed by atoms with E-state index in [9.17, 15) is 9.59 Å². The molecule has 0 fully saturated rings. The summed E-state index contributed by atoms with van der Waals surface area (Å²) in [5.41, 5.74) is 5.06. The Morgan fingerprint density at radius 2 is 1.90 bits per heavy atom. The van der Waals surface area contributed by atoms with Gasteiger partial charge in [-0.3, -0.25) is 0 Å². The summed E-state index contributed by atoms with van der Waals surface area (Å²) in [6.07, 6.45) is 0. The average molecular weight is 147 g/mol. The Balaban J connectivity index is 3.50. The molecule has 5 nitrogen and oxygen atoms in total. The van der Waals surface area contributed by atoms with Crippen LogP contribution in [0.25, 0.3) is 0 Å². The molecule has 0 aromatic heterocycles. The fraction of sp³-hybridized carbons (Fsp3) is 0.600. The highest BCUT2D eigenvalue weighted by Gasteiger charge is 2.10. The van der Waals surface area contributed by atoms with Gasteiger partial charge >= 0.3 is 11.9 Å². The number of hydrogen-bond acceptors (Lipinski definition) is 5. The van der Waals surface area contributed by atoms with E-state index in [2.05, 4.69) is 9.78 Å². The Labute approximate surface area is 58.0 Å². The molecule has 0 aromatic rings. The van der Waals surface area contributed by atoms with Gasteiger partial charge in [0.15, 0.2) is 0 Å². The number of rotatable bonds is 1. The van der Waals surface area contributed by atoms with Crippen LogP contribution in [0.3, 0.4) is 0 Å². The van der Waals surface area contributed by atoms with Crippen molar-refractivity contribution in [2.45, 2.75) is 19.9 Å². The Bertz CT molecular complexity index is 143. The smallest absolute Gasteiger partial charge is 0.319 e. The molecule has 0 saturated heterocycles. The topological polar surface area (TPSA) is 78.6 Å². The first kappa shape index (κ1) is 8.90. The van der Waals surface area contributed by atoms with Crippen molar-refractivity contribution in [2.24, 2.45) is 5.73 Å². The number of hydrogen-bond donors (Lipinski definition) is 1. The van der Waals surface area contributed by atoms with E-state index in [0.29, 0.717) is 0 Å². The largest absolute Gasteiger partial charge is 0.371 e. The van der Waals surface area contributed by atoms with Crippen LogP contribution < -0.4 is 5.73 Å². The minimum absolute atomic E-state index is 0.686. The molecule has 5 heteroatoms. The van der Waals surface area contributed by atoms with Crippen LogP contribution in [0, 0.1) is 0 Å².